The Labute approximate surface area is 169 Å². The Morgan fingerprint density at radius 3 is 2.37 bits per heavy atom. The lowest BCUT2D eigenvalue weighted by Crippen LogP contribution is -2.18. The fourth-order valence-corrected chi connectivity index (χ4v) is 2.64. The number of nitrogens with zero attached hydrogens (tertiary/aromatic N) is 1. The minimum absolute atomic E-state index is 0.00867. The van der Waals surface area contributed by atoms with E-state index in [0.29, 0.717) is 5.69 Å². The van der Waals surface area contributed by atoms with Crippen LogP contribution < -0.4 is 15.4 Å². The Bertz CT molecular complexity index is 1070. The van der Waals surface area contributed by atoms with Crippen LogP contribution >= 0.6 is 0 Å². The highest BCUT2D eigenvalue weighted by molar-refractivity contribution is 6.04. The van der Waals surface area contributed by atoms with Crippen molar-refractivity contribution in [3.63, 3.8) is 0 Å². The first-order valence-corrected chi connectivity index (χ1v) is 8.71. The van der Waals surface area contributed by atoms with Crippen molar-refractivity contribution >= 4 is 23.3 Å². The summed E-state index contributed by atoms with van der Waals surface area (Å²) in [6, 6.07) is 15.2. The number of ether oxygens (including phenoxy) is 1. The highest BCUT2D eigenvalue weighted by Gasteiger charge is 2.31. The molecule has 0 saturated heterocycles. The van der Waals surface area contributed by atoms with Crippen molar-refractivity contribution in [3.05, 3.63) is 72.4 Å². The zero-order chi connectivity index (χ0) is 21.7. The summed E-state index contributed by atoms with van der Waals surface area (Å²) in [5.41, 5.74) is 2.19. The van der Waals surface area contributed by atoms with Gasteiger partial charge in [-0.25, -0.2) is 4.98 Å². The molecule has 2 N–H and O–H groups in total. The molecule has 2 aromatic carbocycles. The minimum Gasteiger partial charge on any atom is -0.406 e. The van der Waals surface area contributed by atoms with Gasteiger partial charge < -0.3 is 15.4 Å². The average molecular weight is 415 g/mol. The molecule has 1 aromatic heterocycles. The van der Waals surface area contributed by atoms with E-state index in [1.54, 1.807) is 30.3 Å². The Balaban J connectivity index is 1.71. The van der Waals surface area contributed by atoms with Crippen molar-refractivity contribution in [2.24, 2.45) is 0 Å². The number of hydrogen-bond acceptors (Lipinski definition) is 4. The zero-order valence-corrected chi connectivity index (χ0v) is 15.7. The number of anilines is 2. The van der Waals surface area contributed by atoms with Crippen LogP contribution in [0.2, 0.25) is 0 Å². The first-order valence-electron chi connectivity index (χ1n) is 8.71. The topological polar surface area (TPSA) is 80.3 Å². The number of alkyl halides is 3. The number of carbonyl (C=O) groups excluding carboxylic acids is 2. The smallest absolute Gasteiger partial charge is 0.406 e. The van der Waals surface area contributed by atoms with Gasteiger partial charge in [0.05, 0.1) is 0 Å². The minimum atomic E-state index is -4.84. The standard InChI is InChI=1S/C21H16F3N3O3/c1-13(28)26-17-6-2-4-14(10-17)16-8-9-19(25-12-16)27-20(29)15-5-3-7-18(11-15)30-21(22,23)24/h2-12H,1H3,(H,26,28)(H,25,27,29). The number of nitrogens with one attached hydrogen (secondary N) is 2. The second-order valence-corrected chi connectivity index (χ2v) is 6.22. The molecule has 0 aliphatic carbocycles. The van der Waals surface area contributed by atoms with Crippen LogP contribution in [0.4, 0.5) is 24.7 Å². The van der Waals surface area contributed by atoms with Crippen molar-refractivity contribution in [2.75, 3.05) is 10.6 Å². The van der Waals surface area contributed by atoms with E-state index in [-0.39, 0.29) is 17.3 Å². The molecular formula is C21H16F3N3O3. The van der Waals surface area contributed by atoms with Gasteiger partial charge in [-0.05, 0) is 48.0 Å². The molecule has 0 radical (unpaired) electrons. The van der Waals surface area contributed by atoms with Crippen LogP contribution in [0.3, 0.4) is 0 Å². The van der Waals surface area contributed by atoms with Crippen LogP contribution in [0.25, 0.3) is 11.1 Å². The summed E-state index contributed by atoms with van der Waals surface area (Å²) in [4.78, 5) is 27.7. The molecule has 0 aliphatic heterocycles. The molecule has 0 unspecified atom stereocenters. The molecule has 1 heterocycles. The molecule has 0 bridgehead atoms. The SMILES string of the molecule is CC(=O)Nc1cccc(-c2ccc(NC(=O)c3cccc(OC(F)(F)F)c3)nc2)c1. The van der Waals surface area contributed by atoms with Gasteiger partial charge in [-0.1, -0.05) is 18.2 Å². The number of aromatic nitrogens is 1. The lowest BCUT2D eigenvalue weighted by atomic mass is 10.1. The van der Waals surface area contributed by atoms with E-state index < -0.39 is 18.0 Å². The van der Waals surface area contributed by atoms with E-state index >= 15 is 0 Å². The van der Waals surface area contributed by atoms with Crippen LogP contribution in [0.5, 0.6) is 5.75 Å². The molecule has 154 valence electrons. The van der Waals surface area contributed by atoms with E-state index in [2.05, 4.69) is 20.4 Å². The number of rotatable bonds is 5. The highest BCUT2D eigenvalue weighted by Crippen LogP contribution is 2.25. The Kier molecular flexibility index (Phi) is 6.01. The predicted molar refractivity (Wildman–Crippen MR) is 105 cm³/mol. The molecule has 3 rings (SSSR count). The summed E-state index contributed by atoms with van der Waals surface area (Å²) >= 11 is 0. The van der Waals surface area contributed by atoms with Gasteiger partial charge in [-0.3, -0.25) is 9.59 Å². The summed E-state index contributed by atoms with van der Waals surface area (Å²) < 4.78 is 40.8. The summed E-state index contributed by atoms with van der Waals surface area (Å²) in [7, 11) is 0. The number of amides is 2. The van der Waals surface area contributed by atoms with Crippen molar-refractivity contribution in [1.29, 1.82) is 0 Å². The molecule has 0 saturated carbocycles. The summed E-state index contributed by atoms with van der Waals surface area (Å²) in [5, 5.41) is 5.21. The molecule has 2 amide bonds. The number of hydrogen-bond donors (Lipinski definition) is 2. The monoisotopic (exact) mass is 415 g/mol. The Morgan fingerprint density at radius 2 is 1.70 bits per heavy atom. The largest absolute Gasteiger partial charge is 0.573 e. The lowest BCUT2D eigenvalue weighted by Gasteiger charge is -2.10. The fourth-order valence-electron chi connectivity index (χ4n) is 2.64. The number of carbonyl (C=O) groups is 2. The second kappa shape index (κ2) is 8.64. The molecule has 6 nitrogen and oxygen atoms in total. The van der Waals surface area contributed by atoms with E-state index in [9.17, 15) is 22.8 Å². The Hall–Kier alpha value is -3.88. The van der Waals surface area contributed by atoms with Crippen molar-refractivity contribution < 1.29 is 27.5 Å². The van der Waals surface area contributed by atoms with E-state index in [1.165, 1.54) is 25.3 Å². The summed E-state index contributed by atoms with van der Waals surface area (Å²) in [5.74, 6) is -1.08. The molecule has 9 heteroatoms. The van der Waals surface area contributed by atoms with Gasteiger partial charge in [0, 0.05) is 29.9 Å². The summed E-state index contributed by atoms with van der Waals surface area (Å²) in [6.45, 7) is 1.41. The first kappa shape index (κ1) is 20.8. The molecule has 3 aromatic rings. The van der Waals surface area contributed by atoms with Crippen LogP contribution in [-0.2, 0) is 4.79 Å². The summed E-state index contributed by atoms with van der Waals surface area (Å²) in [6.07, 6.45) is -3.31. The van der Waals surface area contributed by atoms with Gasteiger partial charge in [0.1, 0.15) is 11.6 Å². The third kappa shape index (κ3) is 5.81. The maximum absolute atomic E-state index is 12.3. The van der Waals surface area contributed by atoms with E-state index in [1.807, 2.05) is 6.07 Å². The van der Waals surface area contributed by atoms with Crippen molar-refractivity contribution in [2.45, 2.75) is 13.3 Å². The van der Waals surface area contributed by atoms with Gasteiger partial charge in [-0.15, -0.1) is 13.2 Å². The third-order valence-corrected chi connectivity index (χ3v) is 3.85. The van der Waals surface area contributed by atoms with Crippen LogP contribution in [0.1, 0.15) is 17.3 Å². The molecule has 0 fully saturated rings. The van der Waals surface area contributed by atoms with E-state index in [0.717, 1.165) is 23.3 Å². The van der Waals surface area contributed by atoms with Crippen LogP contribution in [-0.4, -0.2) is 23.2 Å². The maximum atomic E-state index is 12.3. The average Bonchev–Trinajstić information content (AvgIpc) is 2.67. The van der Waals surface area contributed by atoms with Crippen LogP contribution in [0.15, 0.2) is 66.9 Å². The molecule has 0 atom stereocenters. The molecular weight excluding hydrogens is 399 g/mol. The van der Waals surface area contributed by atoms with Crippen molar-refractivity contribution in [1.82, 2.24) is 4.98 Å². The highest BCUT2D eigenvalue weighted by atomic mass is 19.4. The molecule has 0 aliphatic rings. The van der Waals surface area contributed by atoms with Gasteiger partial charge in [-0.2, -0.15) is 0 Å². The molecule has 30 heavy (non-hydrogen) atoms. The molecule has 0 spiro atoms. The van der Waals surface area contributed by atoms with Crippen LogP contribution in [0, 0.1) is 0 Å². The van der Waals surface area contributed by atoms with E-state index in [4.69, 9.17) is 0 Å². The quantitative estimate of drug-likeness (QED) is 0.624. The zero-order valence-electron chi connectivity index (χ0n) is 15.7. The predicted octanol–water partition coefficient (Wildman–Crippen LogP) is 4.86. The Morgan fingerprint density at radius 1 is 0.933 bits per heavy atom. The lowest BCUT2D eigenvalue weighted by molar-refractivity contribution is -0.274. The third-order valence-electron chi connectivity index (χ3n) is 3.85. The van der Waals surface area contributed by atoms with Crippen molar-refractivity contribution in [3.8, 4) is 16.9 Å². The number of benzene rings is 2. The van der Waals surface area contributed by atoms with Gasteiger partial charge in [0.15, 0.2) is 0 Å². The normalized spacial score (nSPS) is 10.9. The van der Waals surface area contributed by atoms with Gasteiger partial charge in [0.25, 0.3) is 5.91 Å². The van der Waals surface area contributed by atoms with Gasteiger partial charge >= 0.3 is 6.36 Å². The fraction of sp³-hybridized carbons (Fsp3) is 0.0952. The second-order valence-electron chi connectivity index (χ2n) is 6.22. The number of halogens is 3. The number of pyridine rings is 1. The first-order chi connectivity index (χ1) is 14.2. The maximum Gasteiger partial charge on any atom is 0.573 e. The van der Waals surface area contributed by atoms with Gasteiger partial charge in [0.2, 0.25) is 5.91 Å².